The molecule has 2 aromatic heterocycles. The van der Waals surface area contributed by atoms with Crippen molar-refractivity contribution in [2.24, 2.45) is 11.8 Å². The van der Waals surface area contributed by atoms with E-state index in [2.05, 4.69) is 40.4 Å². The van der Waals surface area contributed by atoms with Gasteiger partial charge >= 0.3 is 0 Å². The number of carbonyl (C=O) groups is 1. The highest BCUT2D eigenvalue weighted by molar-refractivity contribution is 7.99. The van der Waals surface area contributed by atoms with Crippen LogP contribution in [0.2, 0.25) is 0 Å². The van der Waals surface area contributed by atoms with E-state index in [0.717, 1.165) is 18.2 Å². The molecule has 0 radical (unpaired) electrons. The molecule has 5 nitrogen and oxygen atoms in total. The first kappa shape index (κ1) is 18.5. The van der Waals surface area contributed by atoms with E-state index in [-0.39, 0.29) is 11.9 Å². The molecule has 7 heteroatoms. The van der Waals surface area contributed by atoms with Crippen LogP contribution in [-0.2, 0) is 11.2 Å². The number of carbonyl (C=O) groups excluding carboxylic acids is 1. The Morgan fingerprint density at radius 1 is 1.44 bits per heavy atom. The first-order valence-electron chi connectivity index (χ1n) is 8.98. The molecule has 3 rings (SSSR count). The van der Waals surface area contributed by atoms with Crippen LogP contribution in [0, 0.1) is 11.8 Å². The van der Waals surface area contributed by atoms with Crippen molar-refractivity contribution in [2.45, 2.75) is 57.1 Å². The summed E-state index contributed by atoms with van der Waals surface area (Å²) in [6, 6.07) is 4.17. The zero-order valence-electron chi connectivity index (χ0n) is 14.8. The van der Waals surface area contributed by atoms with Crippen LogP contribution >= 0.6 is 23.1 Å². The molecule has 2 aromatic rings. The molecule has 1 saturated carbocycles. The van der Waals surface area contributed by atoms with Gasteiger partial charge in [0.2, 0.25) is 11.1 Å². The molecular formula is C18H26N4OS2. The second-order valence-corrected chi connectivity index (χ2v) is 8.93. The monoisotopic (exact) mass is 378 g/mol. The minimum Gasteiger partial charge on any atom is -0.347 e. The van der Waals surface area contributed by atoms with Gasteiger partial charge < -0.3 is 5.32 Å². The van der Waals surface area contributed by atoms with Crippen LogP contribution in [0.15, 0.2) is 22.7 Å². The van der Waals surface area contributed by atoms with Crippen molar-refractivity contribution >= 4 is 29.0 Å². The molecule has 1 aliphatic carbocycles. The Kier molecular flexibility index (Phi) is 6.53. The molecule has 0 aromatic carbocycles. The first-order chi connectivity index (χ1) is 12.1. The highest BCUT2D eigenvalue weighted by Gasteiger charge is 2.20. The Labute approximate surface area is 157 Å². The quantitative estimate of drug-likeness (QED) is 0.675. The second-order valence-electron chi connectivity index (χ2n) is 7.01. The second kappa shape index (κ2) is 8.85. The summed E-state index contributed by atoms with van der Waals surface area (Å²) in [7, 11) is 0. The molecule has 1 amide bonds. The van der Waals surface area contributed by atoms with Crippen LogP contribution in [0.4, 0.5) is 0 Å². The van der Waals surface area contributed by atoms with Gasteiger partial charge in [0.15, 0.2) is 0 Å². The Bertz CT molecular complexity index is 662. The van der Waals surface area contributed by atoms with Crippen molar-refractivity contribution in [3.8, 4) is 0 Å². The number of hydrogen-bond acceptors (Lipinski definition) is 5. The van der Waals surface area contributed by atoms with Gasteiger partial charge in [-0.05, 0) is 23.3 Å². The zero-order chi connectivity index (χ0) is 17.6. The van der Waals surface area contributed by atoms with Gasteiger partial charge in [-0.25, -0.2) is 4.98 Å². The van der Waals surface area contributed by atoms with Gasteiger partial charge in [-0.3, -0.25) is 9.89 Å². The maximum atomic E-state index is 12.3. The number of rotatable bonds is 8. The smallest absolute Gasteiger partial charge is 0.230 e. The van der Waals surface area contributed by atoms with Crippen molar-refractivity contribution in [3.63, 3.8) is 0 Å². The van der Waals surface area contributed by atoms with E-state index in [4.69, 9.17) is 0 Å². The van der Waals surface area contributed by atoms with Gasteiger partial charge in [-0.2, -0.15) is 0 Å². The maximum absolute atomic E-state index is 12.3. The lowest BCUT2D eigenvalue weighted by Gasteiger charge is -2.21. The molecule has 1 aliphatic rings. The highest BCUT2D eigenvalue weighted by Crippen LogP contribution is 2.28. The van der Waals surface area contributed by atoms with E-state index in [1.165, 1.54) is 42.3 Å². The minimum absolute atomic E-state index is 0.0271. The molecule has 0 aliphatic heterocycles. The first-order valence-corrected chi connectivity index (χ1v) is 10.8. The van der Waals surface area contributed by atoms with E-state index in [1.54, 1.807) is 11.3 Å². The molecule has 1 atom stereocenters. The van der Waals surface area contributed by atoms with Crippen molar-refractivity contribution < 1.29 is 4.79 Å². The predicted molar refractivity (Wildman–Crippen MR) is 103 cm³/mol. The summed E-state index contributed by atoms with van der Waals surface area (Å²) < 4.78 is 0. The number of aromatic nitrogens is 3. The molecule has 1 fully saturated rings. The van der Waals surface area contributed by atoms with Crippen molar-refractivity contribution in [1.82, 2.24) is 20.5 Å². The largest absolute Gasteiger partial charge is 0.347 e. The van der Waals surface area contributed by atoms with Crippen LogP contribution in [0.25, 0.3) is 0 Å². The minimum atomic E-state index is 0.0271. The van der Waals surface area contributed by atoms with Crippen LogP contribution in [0.1, 0.15) is 56.3 Å². The summed E-state index contributed by atoms with van der Waals surface area (Å²) in [6.45, 7) is 4.25. The van der Waals surface area contributed by atoms with Crippen LogP contribution < -0.4 is 5.32 Å². The van der Waals surface area contributed by atoms with E-state index >= 15 is 0 Å². The van der Waals surface area contributed by atoms with Gasteiger partial charge in [0.05, 0.1) is 11.8 Å². The summed E-state index contributed by atoms with van der Waals surface area (Å²) in [5.74, 6) is 2.42. The number of nitrogens with one attached hydrogen (secondary N) is 2. The molecular weight excluding hydrogens is 352 g/mol. The van der Waals surface area contributed by atoms with Crippen LogP contribution in [-0.4, -0.2) is 26.8 Å². The summed E-state index contributed by atoms with van der Waals surface area (Å²) >= 11 is 3.08. The lowest BCUT2D eigenvalue weighted by Crippen LogP contribution is -2.32. The molecule has 136 valence electrons. The van der Waals surface area contributed by atoms with E-state index in [0.29, 0.717) is 16.8 Å². The third kappa shape index (κ3) is 5.31. The Balaban J connectivity index is 1.47. The summed E-state index contributed by atoms with van der Waals surface area (Å²) in [6.07, 6.45) is 6.24. The number of H-pyrrole nitrogens is 1. The SMILES string of the molecule is CC(C)C(NC(=O)CSc1n[nH]c(CC2CCCC2)n1)c1cccs1. The number of nitrogens with zero attached hydrogens (tertiary/aromatic N) is 2. The normalized spacial score (nSPS) is 16.4. The Morgan fingerprint density at radius 2 is 2.24 bits per heavy atom. The number of aromatic amines is 1. The molecule has 0 saturated heterocycles. The molecule has 2 heterocycles. The molecule has 25 heavy (non-hydrogen) atoms. The van der Waals surface area contributed by atoms with E-state index in [9.17, 15) is 4.79 Å². The van der Waals surface area contributed by atoms with E-state index in [1.807, 2.05) is 11.4 Å². The van der Waals surface area contributed by atoms with Crippen molar-refractivity contribution in [2.75, 3.05) is 5.75 Å². The van der Waals surface area contributed by atoms with E-state index < -0.39 is 0 Å². The van der Waals surface area contributed by atoms with Gasteiger partial charge in [0.25, 0.3) is 0 Å². The molecule has 2 N–H and O–H groups in total. The van der Waals surface area contributed by atoms with Crippen molar-refractivity contribution in [3.05, 3.63) is 28.2 Å². The number of hydrogen-bond donors (Lipinski definition) is 2. The Hall–Kier alpha value is -1.34. The van der Waals surface area contributed by atoms with Crippen LogP contribution in [0.5, 0.6) is 0 Å². The van der Waals surface area contributed by atoms with Gasteiger partial charge in [0.1, 0.15) is 5.82 Å². The third-order valence-electron chi connectivity index (χ3n) is 4.63. The average molecular weight is 379 g/mol. The summed E-state index contributed by atoms with van der Waals surface area (Å²) in [5.41, 5.74) is 0. The lowest BCUT2D eigenvalue weighted by molar-refractivity contribution is -0.119. The molecule has 1 unspecified atom stereocenters. The fourth-order valence-corrected chi connectivity index (χ4v) is 4.88. The zero-order valence-corrected chi connectivity index (χ0v) is 16.5. The lowest BCUT2D eigenvalue weighted by atomic mass is 10.0. The third-order valence-corrected chi connectivity index (χ3v) is 6.44. The van der Waals surface area contributed by atoms with Gasteiger partial charge in [-0.1, -0.05) is 57.4 Å². The fraction of sp³-hybridized carbons (Fsp3) is 0.611. The van der Waals surface area contributed by atoms with Crippen molar-refractivity contribution in [1.29, 1.82) is 0 Å². The fourth-order valence-electron chi connectivity index (χ4n) is 3.30. The predicted octanol–water partition coefficient (Wildman–Crippen LogP) is 4.20. The number of thioether (sulfide) groups is 1. The van der Waals surface area contributed by atoms with Crippen LogP contribution in [0.3, 0.4) is 0 Å². The summed E-state index contributed by atoms with van der Waals surface area (Å²) in [5, 5.41) is 13.1. The molecule has 0 spiro atoms. The summed E-state index contributed by atoms with van der Waals surface area (Å²) in [4.78, 5) is 18.0. The number of amides is 1. The standard InChI is InChI=1S/C18H26N4OS2/c1-12(2)17(14-8-5-9-24-14)20-16(23)11-25-18-19-15(21-22-18)10-13-6-3-4-7-13/h5,8-9,12-13,17H,3-4,6-7,10-11H2,1-2H3,(H,20,23)(H,19,21,22). The Morgan fingerprint density at radius 3 is 2.92 bits per heavy atom. The maximum Gasteiger partial charge on any atom is 0.230 e. The average Bonchev–Trinajstić information content (AvgIpc) is 3.33. The van der Waals surface area contributed by atoms with Gasteiger partial charge in [0, 0.05) is 11.3 Å². The van der Waals surface area contributed by atoms with Gasteiger partial charge in [-0.15, -0.1) is 16.4 Å². The molecule has 0 bridgehead atoms. The topological polar surface area (TPSA) is 70.7 Å². The highest BCUT2D eigenvalue weighted by atomic mass is 32.2. The number of thiophene rings is 1.